The second-order valence-electron chi connectivity index (χ2n) is 3.99. The molecule has 6 nitrogen and oxygen atoms in total. The Hall–Kier alpha value is -1.76. The quantitative estimate of drug-likeness (QED) is 0.558. The number of methoxy groups -OCH3 is 1. The van der Waals surface area contributed by atoms with Gasteiger partial charge in [0.1, 0.15) is 5.75 Å². The van der Waals surface area contributed by atoms with Crippen LogP contribution in [-0.2, 0) is 10.0 Å². The molecule has 0 aliphatic heterocycles. The zero-order chi connectivity index (χ0) is 14.1. The first-order valence-corrected chi connectivity index (χ1v) is 6.70. The van der Waals surface area contributed by atoms with Crippen LogP contribution in [-0.4, -0.2) is 21.5 Å². The molecule has 100 valence electrons. The highest BCUT2D eigenvalue weighted by Gasteiger charge is 2.22. The number of hydrogen-bond donors (Lipinski definition) is 3. The molecular weight excluding hydrogens is 254 g/mol. The topological polar surface area (TPSA) is 105 Å². The molecule has 1 rings (SSSR count). The number of aryl methyl sites for hydroxylation is 1. The second kappa shape index (κ2) is 4.85. The third kappa shape index (κ3) is 2.56. The Balaban J connectivity index is 3.52. The van der Waals surface area contributed by atoms with Gasteiger partial charge in [-0.3, -0.25) is 5.41 Å². The van der Waals surface area contributed by atoms with Crippen LogP contribution in [0.2, 0.25) is 0 Å². The zero-order valence-corrected chi connectivity index (χ0v) is 11.6. The number of benzene rings is 1. The lowest BCUT2D eigenvalue weighted by Crippen LogP contribution is -2.36. The smallest absolute Gasteiger partial charge is 0.264 e. The van der Waals surface area contributed by atoms with Crippen LogP contribution in [0.5, 0.6) is 5.75 Å². The maximum absolute atomic E-state index is 12.1. The van der Waals surface area contributed by atoms with Crippen LogP contribution >= 0.6 is 0 Å². The number of guanidine groups is 1. The van der Waals surface area contributed by atoms with Crippen molar-refractivity contribution in [3.05, 3.63) is 22.8 Å². The number of nitrogens with two attached hydrogens (primary N) is 1. The van der Waals surface area contributed by atoms with E-state index >= 15 is 0 Å². The molecule has 0 bridgehead atoms. The van der Waals surface area contributed by atoms with Gasteiger partial charge in [-0.05, 0) is 43.5 Å². The van der Waals surface area contributed by atoms with Gasteiger partial charge in [-0.15, -0.1) is 0 Å². The first kappa shape index (κ1) is 14.3. The highest BCUT2D eigenvalue weighted by atomic mass is 32.2. The van der Waals surface area contributed by atoms with E-state index in [2.05, 4.69) is 0 Å². The zero-order valence-electron chi connectivity index (χ0n) is 10.8. The van der Waals surface area contributed by atoms with Crippen LogP contribution < -0.4 is 15.2 Å². The Labute approximate surface area is 107 Å². The Morgan fingerprint density at radius 1 is 1.33 bits per heavy atom. The van der Waals surface area contributed by atoms with Crippen molar-refractivity contribution in [3.63, 3.8) is 0 Å². The highest BCUT2D eigenvalue weighted by molar-refractivity contribution is 7.90. The summed E-state index contributed by atoms with van der Waals surface area (Å²) >= 11 is 0. The summed E-state index contributed by atoms with van der Waals surface area (Å²) in [6, 6.07) is 1.65. The second-order valence-corrected chi connectivity index (χ2v) is 5.61. The largest absolute Gasteiger partial charge is 0.496 e. The van der Waals surface area contributed by atoms with Gasteiger partial charge in [-0.25, -0.2) is 13.1 Å². The van der Waals surface area contributed by atoms with Crippen LogP contribution in [0, 0.1) is 26.2 Å². The van der Waals surface area contributed by atoms with Crippen molar-refractivity contribution < 1.29 is 13.2 Å². The van der Waals surface area contributed by atoms with E-state index < -0.39 is 16.0 Å². The fourth-order valence-electron chi connectivity index (χ4n) is 1.84. The Morgan fingerprint density at radius 2 is 1.89 bits per heavy atom. The number of hydrogen-bond acceptors (Lipinski definition) is 4. The third-order valence-electron chi connectivity index (χ3n) is 2.71. The minimum atomic E-state index is -3.82. The summed E-state index contributed by atoms with van der Waals surface area (Å²) in [5, 5.41) is 7.04. The third-order valence-corrected chi connectivity index (χ3v) is 4.37. The summed E-state index contributed by atoms with van der Waals surface area (Å²) in [5.41, 5.74) is 6.95. The van der Waals surface area contributed by atoms with Gasteiger partial charge in [-0.2, -0.15) is 0 Å². The van der Waals surface area contributed by atoms with Gasteiger partial charge < -0.3 is 10.5 Å². The lowest BCUT2D eigenvalue weighted by atomic mass is 10.1. The van der Waals surface area contributed by atoms with Gasteiger partial charge in [0, 0.05) is 0 Å². The predicted molar refractivity (Wildman–Crippen MR) is 69.4 cm³/mol. The van der Waals surface area contributed by atoms with Gasteiger partial charge in [-0.1, -0.05) is 0 Å². The van der Waals surface area contributed by atoms with Crippen molar-refractivity contribution in [3.8, 4) is 5.75 Å². The molecule has 1 aromatic carbocycles. The van der Waals surface area contributed by atoms with Crippen molar-refractivity contribution in [1.29, 1.82) is 5.41 Å². The fourth-order valence-corrected chi connectivity index (χ4v) is 3.27. The molecular formula is C11H17N3O3S. The van der Waals surface area contributed by atoms with Gasteiger partial charge in [0.15, 0.2) is 5.96 Å². The van der Waals surface area contributed by atoms with E-state index in [9.17, 15) is 8.42 Å². The molecule has 0 amide bonds. The van der Waals surface area contributed by atoms with Crippen molar-refractivity contribution in [2.24, 2.45) is 5.73 Å². The summed E-state index contributed by atoms with van der Waals surface area (Å²) in [7, 11) is -2.29. The fraction of sp³-hybridized carbons (Fsp3) is 0.364. The average Bonchev–Trinajstić information content (AvgIpc) is 2.21. The van der Waals surface area contributed by atoms with E-state index in [-0.39, 0.29) is 4.90 Å². The van der Waals surface area contributed by atoms with E-state index in [1.807, 2.05) is 4.72 Å². The SMILES string of the molecule is COc1cc(C)c(S(=O)(=O)NC(=N)N)c(C)c1C. The van der Waals surface area contributed by atoms with E-state index in [4.69, 9.17) is 15.9 Å². The van der Waals surface area contributed by atoms with Crippen LogP contribution in [0.25, 0.3) is 0 Å². The first-order chi connectivity index (χ1) is 8.20. The Kier molecular flexibility index (Phi) is 3.85. The molecule has 0 atom stereocenters. The average molecular weight is 271 g/mol. The molecule has 0 aliphatic carbocycles. The van der Waals surface area contributed by atoms with E-state index in [1.54, 1.807) is 26.8 Å². The first-order valence-electron chi connectivity index (χ1n) is 5.22. The molecule has 4 N–H and O–H groups in total. The molecule has 0 aliphatic rings. The molecule has 1 aromatic rings. The Morgan fingerprint density at radius 3 is 2.33 bits per heavy atom. The number of ether oxygens (including phenoxy) is 1. The summed E-state index contributed by atoms with van der Waals surface area (Å²) in [6.45, 7) is 5.14. The molecule has 0 unspecified atom stereocenters. The molecule has 0 saturated heterocycles. The van der Waals surface area contributed by atoms with Crippen LogP contribution in [0.4, 0.5) is 0 Å². The van der Waals surface area contributed by atoms with Gasteiger partial charge >= 0.3 is 0 Å². The lowest BCUT2D eigenvalue weighted by molar-refractivity contribution is 0.410. The normalized spacial score (nSPS) is 11.1. The number of rotatable bonds is 3. The Bertz CT molecular complexity index is 594. The molecule has 0 radical (unpaired) electrons. The van der Waals surface area contributed by atoms with Crippen molar-refractivity contribution in [2.75, 3.05) is 7.11 Å². The molecule has 0 spiro atoms. The molecule has 0 heterocycles. The predicted octanol–water partition coefficient (Wildman–Crippen LogP) is 0.792. The van der Waals surface area contributed by atoms with Crippen LogP contribution in [0.15, 0.2) is 11.0 Å². The van der Waals surface area contributed by atoms with Gasteiger partial charge in [0.2, 0.25) is 0 Å². The molecule has 0 saturated carbocycles. The summed E-state index contributed by atoms with van der Waals surface area (Å²) in [6.07, 6.45) is 0. The standard InChI is InChI=1S/C11H17N3O3S/c1-6-5-9(17-4)7(2)8(3)10(6)18(15,16)14-11(12)13/h5H,1-4H3,(H4,12,13,14). The van der Waals surface area contributed by atoms with Crippen molar-refractivity contribution >= 4 is 16.0 Å². The number of sulfonamides is 1. The minimum Gasteiger partial charge on any atom is -0.496 e. The highest BCUT2D eigenvalue weighted by Crippen LogP contribution is 2.30. The van der Waals surface area contributed by atoms with Crippen molar-refractivity contribution in [2.45, 2.75) is 25.7 Å². The minimum absolute atomic E-state index is 0.135. The lowest BCUT2D eigenvalue weighted by Gasteiger charge is -2.16. The molecule has 0 fully saturated rings. The van der Waals surface area contributed by atoms with Gasteiger partial charge in [0.25, 0.3) is 10.0 Å². The van der Waals surface area contributed by atoms with Crippen LogP contribution in [0.1, 0.15) is 16.7 Å². The van der Waals surface area contributed by atoms with E-state index in [0.29, 0.717) is 16.9 Å². The van der Waals surface area contributed by atoms with Crippen LogP contribution in [0.3, 0.4) is 0 Å². The van der Waals surface area contributed by atoms with E-state index in [0.717, 1.165) is 5.56 Å². The van der Waals surface area contributed by atoms with E-state index in [1.165, 1.54) is 7.11 Å². The molecule has 7 heteroatoms. The van der Waals surface area contributed by atoms with Crippen molar-refractivity contribution in [1.82, 2.24) is 4.72 Å². The van der Waals surface area contributed by atoms with Gasteiger partial charge in [0.05, 0.1) is 12.0 Å². The summed E-state index contributed by atoms with van der Waals surface area (Å²) in [5.74, 6) is 0.0223. The number of nitrogens with one attached hydrogen (secondary N) is 2. The molecule has 0 aromatic heterocycles. The molecule has 18 heavy (non-hydrogen) atoms. The summed E-state index contributed by atoms with van der Waals surface area (Å²) in [4.78, 5) is 0.135. The maximum atomic E-state index is 12.1. The maximum Gasteiger partial charge on any atom is 0.264 e. The summed E-state index contributed by atoms with van der Waals surface area (Å²) < 4.78 is 31.3. The monoisotopic (exact) mass is 271 g/mol.